The maximum absolute atomic E-state index is 12.7. The van der Waals surface area contributed by atoms with Gasteiger partial charge in [-0.15, -0.1) is 0 Å². The number of aryl methyl sites for hydroxylation is 1. The Morgan fingerprint density at radius 1 is 1.25 bits per heavy atom. The molecule has 0 aliphatic rings. The highest BCUT2D eigenvalue weighted by atomic mass is 19.1. The molecule has 1 aromatic heterocycles. The van der Waals surface area contributed by atoms with Crippen molar-refractivity contribution in [1.29, 1.82) is 0 Å². The fourth-order valence-corrected chi connectivity index (χ4v) is 1.69. The first kappa shape index (κ1) is 13.7. The van der Waals surface area contributed by atoms with Crippen molar-refractivity contribution in [2.24, 2.45) is 0 Å². The lowest BCUT2D eigenvalue weighted by atomic mass is 10.1. The van der Waals surface area contributed by atoms with E-state index in [1.165, 1.54) is 18.2 Å². The van der Waals surface area contributed by atoms with Crippen LogP contribution in [0.25, 0.3) is 0 Å². The van der Waals surface area contributed by atoms with Gasteiger partial charge in [-0.05, 0) is 42.8 Å². The number of halogens is 1. The molecule has 1 heterocycles. The van der Waals surface area contributed by atoms with Gasteiger partial charge in [-0.2, -0.15) is 0 Å². The zero-order valence-electron chi connectivity index (χ0n) is 10.6. The third-order valence-corrected chi connectivity index (χ3v) is 2.67. The highest BCUT2D eigenvalue weighted by molar-refractivity contribution is 6.03. The maximum Gasteiger partial charge on any atom is 0.335 e. The number of rotatable bonds is 3. The Kier molecular flexibility index (Phi) is 3.74. The number of carbonyl (C=O) groups excluding carboxylic acids is 1. The number of hydrogen-bond donors (Lipinski definition) is 2. The van der Waals surface area contributed by atoms with Crippen LogP contribution in [0.4, 0.5) is 10.1 Å². The van der Waals surface area contributed by atoms with Crippen LogP contribution in [0, 0.1) is 12.7 Å². The summed E-state index contributed by atoms with van der Waals surface area (Å²) in [5, 5.41) is 11.5. The minimum absolute atomic E-state index is 0.0753. The average molecular weight is 274 g/mol. The van der Waals surface area contributed by atoms with Gasteiger partial charge in [0.15, 0.2) is 0 Å². The van der Waals surface area contributed by atoms with Crippen LogP contribution in [0.1, 0.15) is 26.4 Å². The fraction of sp³-hybridized carbons (Fsp3) is 0.0714. The van der Waals surface area contributed by atoms with Gasteiger partial charge in [-0.1, -0.05) is 0 Å². The Morgan fingerprint density at radius 3 is 2.55 bits per heavy atom. The van der Waals surface area contributed by atoms with E-state index in [1.54, 1.807) is 13.0 Å². The summed E-state index contributed by atoms with van der Waals surface area (Å²) in [5.74, 6) is -2.05. The molecule has 0 aliphatic carbocycles. The molecule has 1 aromatic carbocycles. The van der Waals surface area contributed by atoms with Crippen LogP contribution in [0.5, 0.6) is 0 Å². The number of nitrogens with one attached hydrogen (secondary N) is 1. The molecule has 1 amide bonds. The van der Waals surface area contributed by atoms with Crippen molar-refractivity contribution in [3.05, 3.63) is 59.2 Å². The molecule has 20 heavy (non-hydrogen) atoms. The van der Waals surface area contributed by atoms with Crippen LogP contribution < -0.4 is 5.32 Å². The lowest BCUT2D eigenvalue weighted by molar-refractivity contribution is 0.0696. The van der Waals surface area contributed by atoms with Crippen molar-refractivity contribution in [1.82, 2.24) is 4.98 Å². The number of nitrogens with zero attached hydrogens (tertiary/aromatic N) is 1. The van der Waals surface area contributed by atoms with E-state index in [4.69, 9.17) is 5.11 Å². The molecular formula is C14H11FN2O3. The third kappa shape index (κ3) is 2.97. The molecule has 2 aromatic rings. The monoisotopic (exact) mass is 274 g/mol. The van der Waals surface area contributed by atoms with E-state index in [2.05, 4.69) is 10.3 Å². The molecular weight excluding hydrogens is 263 g/mol. The normalized spacial score (nSPS) is 10.1. The van der Waals surface area contributed by atoms with Gasteiger partial charge in [0.05, 0.1) is 11.8 Å². The minimum atomic E-state index is -1.03. The van der Waals surface area contributed by atoms with Gasteiger partial charge in [0, 0.05) is 5.69 Å². The highest BCUT2D eigenvalue weighted by Gasteiger charge is 2.10. The molecule has 6 heteroatoms. The summed E-state index contributed by atoms with van der Waals surface area (Å²) in [5.41, 5.74) is 1.22. The summed E-state index contributed by atoms with van der Waals surface area (Å²) < 4.78 is 12.7. The molecule has 5 nitrogen and oxygen atoms in total. The Bertz CT molecular complexity index is 669. The number of pyridine rings is 1. The topological polar surface area (TPSA) is 79.3 Å². The van der Waals surface area contributed by atoms with Crippen molar-refractivity contribution in [2.45, 2.75) is 6.92 Å². The molecule has 0 saturated heterocycles. The van der Waals surface area contributed by atoms with Gasteiger partial charge in [0.25, 0.3) is 5.91 Å². The number of carboxylic acids is 1. The van der Waals surface area contributed by atoms with Crippen LogP contribution in [-0.4, -0.2) is 22.0 Å². The molecule has 0 saturated carbocycles. The number of carbonyl (C=O) groups is 2. The molecule has 0 fully saturated rings. The zero-order chi connectivity index (χ0) is 14.7. The number of amides is 1. The first-order chi connectivity index (χ1) is 9.47. The van der Waals surface area contributed by atoms with Crippen molar-refractivity contribution in [3.63, 3.8) is 0 Å². The van der Waals surface area contributed by atoms with Crippen molar-refractivity contribution >= 4 is 17.6 Å². The Hall–Kier alpha value is -2.76. The van der Waals surface area contributed by atoms with E-state index in [9.17, 15) is 14.0 Å². The number of aromatic carboxylic acids is 1. The molecule has 0 radical (unpaired) electrons. The Balaban J connectivity index is 2.18. The Labute approximate surface area is 114 Å². The van der Waals surface area contributed by atoms with Gasteiger partial charge < -0.3 is 10.4 Å². The Morgan fingerprint density at radius 2 is 2.00 bits per heavy atom. The molecule has 0 atom stereocenters. The quantitative estimate of drug-likeness (QED) is 0.901. The molecule has 0 aliphatic heterocycles. The number of anilines is 1. The SMILES string of the molecule is Cc1cc(NC(=O)c2ccc(F)cn2)ccc1C(=O)O. The molecule has 0 spiro atoms. The van der Waals surface area contributed by atoms with Gasteiger partial charge in [0.1, 0.15) is 11.5 Å². The molecule has 102 valence electrons. The van der Waals surface area contributed by atoms with Crippen molar-refractivity contribution in [3.8, 4) is 0 Å². The van der Waals surface area contributed by atoms with Crippen LogP contribution in [0.15, 0.2) is 36.5 Å². The van der Waals surface area contributed by atoms with Gasteiger partial charge >= 0.3 is 5.97 Å². The van der Waals surface area contributed by atoms with Crippen molar-refractivity contribution in [2.75, 3.05) is 5.32 Å². The average Bonchev–Trinajstić information content (AvgIpc) is 2.39. The van der Waals surface area contributed by atoms with Gasteiger partial charge in [-0.25, -0.2) is 14.2 Å². The standard InChI is InChI=1S/C14H11FN2O3/c1-8-6-10(3-4-11(8)14(19)20)17-13(18)12-5-2-9(15)7-16-12/h2-7H,1H3,(H,17,18)(H,19,20). The zero-order valence-corrected chi connectivity index (χ0v) is 10.6. The second kappa shape index (κ2) is 5.48. The number of hydrogen-bond acceptors (Lipinski definition) is 3. The van der Waals surface area contributed by atoms with E-state index in [0.717, 1.165) is 12.3 Å². The van der Waals surface area contributed by atoms with Gasteiger partial charge in [0.2, 0.25) is 0 Å². The van der Waals surface area contributed by atoms with E-state index < -0.39 is 17.7 Å². The first-order valence-corrected chi connectivity index (χ1v) is 5.74. The number of benzene rings is 1. The van der Waals surface area contributed by atoms with Crippen LogP contribution in [0.3, 0.4) is 0 Å². The number of aromatic nitrogens is 1. The summed E-state index contributed by atoms with van der Waals surface area (Å²) in [7, 11) is 0. The van der Waals surface area contributed by atoms with E-state index in [-0.39, 0.29) is 11.3 Å². The van der Waals surface area contributed by atoms with E-state index >= 15 is 0 Å². The first-order valence-electron chi connectivity index (χ1n) is 5.74. The summed E-state index contributed by atoms with van der Waals surface area (Å²) >= 11 is 0. The second-order valence-corrected chi connectivity index (χ2v) is 4.15. The summed E-state index contributed by atoms with van der Waals surface area (Å²) in [6.07, 6.45) is 0.952. The predicted molar refractivity (Wildman–Crippen MR) is 70.3 cm³/mol. The molecule has 0 unspecified atom stereocenters. The fourth-order valence-electron chi connectivity index (χ4n) is 1.69. The lowest BCUT2D eigenvalue weighted by Crippen LogP contribution is -2.14. The molecule has 0 bridgehead atoms. The molecule has 2 N–H and O–H groups in total. The van der Waals surface area contributed by atoms with Crippen LogP contribution >= 0.6 is 0 Å². The van der Waals surface area contributed by atoms with E-state index in [1.807, 2.05) is 0 Å². The maximum atomic E-state index is 12.7. The highest BCUT2D eigenvalue weighted by Crippen LogP contribution is 2.16. The van der Waals surface area contributed by atoms with E-state index in [0.29, 0.717) is 11.3 Å². The summed E-state index contributed by atoms with van der Waals surface area (Å²) in [6.45, 7) is 1.63. The largest absolute Gasteiger partial charge is 0.478 e. The summed E-state index contributed by atoms with van der Waals surface area (Å²) in [4.78, 5) is 26.4. The van der Waals surface area contributed by atoms with Crippen LogP contribution in [0.2, 0.25) is 0 Å². The van der Waals surface area contributed by atoms with Gasteiger partial charge in [-0.3, -0.25) is 4.79 Å². The minimum Gasteiger partial charge on any atom is -0.478 e. The second-order valence-electron chi connectivity index (χ2n) is 4.15. The van der Waals surface area contributed by atoms with Crippen molar-refractivity contribution < 1.29 is 19.1 Å². The number of carboxylic acid groups (broad SMARTS) is 1. The summed E-state index contributed by atoms with van der Waals surface area (Å²) in [6, 6.07) is 6.85. The predicted octanol–water partition coefficient (Wildman–Crippen LogP) is 2.48. The lowest BCUT2D eigenvalue weighted by Gasteiger charge is -2.07. The third-order valence-electron chi connectivity index (χ3n) is 2.67. The molecule has 2 rings (SSSR count). The smallest absolute Gasteiger partial charge is 0.335 e. The van der Waals surface area contributed by atoms with Crippen LogP contribution in [-0.2, 0) is 0 Å².